The van der Waals surface area contributed by atoms with Crippen LogP contribution in [0.4, 0.5) is 10.5 Å². The van der Waals surface area contributed by atoms with Gasteiger partial charge in [-0.3, -0.25) is 0 Å². The van der Waals surface area contributed by atoms with Crippen LogP contribution in [0.2, 0.25) is 0 Å². The fraction of sp³-hybridized carbons (Fsp3) is 0.125. The number of hydrogen-bond acceptors (Lipinski definition) is 5. The second kappa shape index (κ2) is 5.97. The van der Waals surface area contributed by atoms with Crippen LogP contribution in [0.1, 0.15) is 21.5 Å². The summed E-state index contributed by atoms with van der Waals surface area (Å²) in [5, 5.41) is 2.39. The summed E-state index contributed by atoms with van der Waals surface area (Å²) < 4.78 is 31.1. The van der Waals surface area contributed by atoms with Crippen LogP contribution in [0.5, 0.6) is 0 Å². The maximum atomic E-state index is 12.1. The van der Waals surface area contributed by atoms with Crippen molar-refractivity contribution in [2.75, 3.05) is 5.32 Å². The Labute approximate surface area is 138 Å². The third kappa shape index (κ3) is 3.23. The molecule has 1 aliphatic heterocycles. The fourth-order valence-corrected chi connectivity index (χ4v) is 3.15. The maximum Gasteiger partial charge on any atom is 0.338 e. The summed E-state index contributed by atoms with van der Waals surface area (Å²) in [4.78, 5) is 23.4. The summed E-state index contributed by atoms with van der Waals surface area (Å²) in [6.45, 7) is 2.03. The number of urea groups is 1. The van der Waals surface area contributed by atoms with Crippen LogP contribution in [0, 0.1) is 6.92 Å². The van der Waals surface area contributed by atoms with Crippen LogP contribution < -0.4 is 10.0 Å². The molecule has 0 atom stereocenters. The van der Waals surface area contributed by atoms with Crippen molar-refractivity contribution in [3.8, 4) is 0 Å². The lowest BCUT2D eigenvalue weighted by Gasteiger charge is -2.09. The lowest BCUT2D eigenvalue weighted by atomic mass is 10.1. The molecule has 0 saturated heterocycles. The van der Waals surface area contributed by atoms with Crippen molar-refractivity contribution in [2.24, 2.45) is 0 Å². The van der Waals surface area contributed by atoms with Gasteiger partial charge in [-0.05, 0) is 31.2 Å². The molecule has 0 fully saturated rings. The Morgan fingerprint density at radius 2 is 1.83 bits per heavy atom. The zero-order valence-electron chi connectivity index (χ0n) is 12.7. The van der Waals surface area contributed by atoms with Gasteiger partial charge in [-0.25, -0.2) is 22.7 Å². The van der Waals surface area contributed by atoms with Gasteiger partial charge in [-0.1, -0.05) is 23.8 Å². The van der Waals surface area contributed by atoms with Gasteiger partial charge in [0, 0.05) is 11.3 Å². The molecule has 0 spiro atoms. The molecule has 7 nitrogen and oxygen atoms in total. The van der Waals surface area contributed by atoms with Crippen LogP contribution in [-0.2, 0) is 21.4 Å². The largest absolute Gasteiger partial charge is 0.457 e. The summed E-state index contributed by atoms with van der Waals surface area (Å²) in [7, 11) is -3.97. The van der Waals surface area contributed by atoms with Gasteiger partial charge in [0.15, 0.2) is 0 Å². The molecule has 2 aromatic rings. The Hall–Kier alpha value is -2.87. The van der Waals surface area contributed by atoms with Crippen LogP contribution in [0.3, 0.4) is 0 Å². The molecule has 124 valence electrons. The summed E-state index contributed by atoms with van der Waals surface area (Å²) in [5.41, 5.74) is 2.28. The predicted molar refractivity (Wildman–Crippen MR) is 86.1 cm³/mol. The van der Waals surface area contributed by atoms with E-state index in [-0.39, 0.29) is 11.5 Å². The molecular formula is C16H14N2O5S. The third-order valence-corrected chi connectivity index (χ3v) is 4.85. The molecule has 0 aliphatic carbocycles. The Kier molecular flexibility index (Phi) is 3.98. The van der Waals surface area contributed by atoms with Gasteiger partial charge in [-0.15, -0.1) is 0 Å². The zero-order valence-corrected chi connectivity index (χ0v) is 13.5. The number of nitrogens with one attached hydrogen (secondary N) is 2. The Bertz CT molecular complexity index is 920. The molecule has 2 N–H and O–H groups in total. The van der Waals surface area contributed by atoms with E-state index in [0.717, 1.165) is 11.1 Å². The standard InChI is InChI=1S/C16H14N2O5S/c1-10-2-6-13(7-3-10)24(21,22)18-16(20)17-12-5-4-11-9-23-15(19)14(11)8-12/h2-8H,9H2,1H3,(H2,17,18,20). The van der Waals surface area contributed by atoms with E-state index in [2.05, 4.69) is 5.32 Å². The predicted octanol–water partition coefficient (Wildman–Crippen LogP) is 2.18. The average Bonchev–Trinajstić information content (AvgIpc) is 2.88. The number of amides is 2. The number of fused-ring (bicyclic) bond motifs is 1. The molecule has 0 bridgehead atoms. The van der Waals surface area contributed by atoms with E-state index in [9.17, 15) is 18.0 Å². The molecule has 24 heavy (non-hydrogen) atoms. The lowest BCUT2D eigenvalue weighted by molar-refractivity contribution is 0.0535. The van der Waals surface area contributed by atoms with Gasteiger partial charge >= 0.3 is 12.0 Å². The van der Waals surface area contributed by atoms with Gasteiger partial charge in [0.2, 0.25) is 0 Å². The van der Waals surface area contributed by atoms with E-state index >= 15 is 0 Å². The van der Waals surface area contributed by atoms with Crippen molar-refractivity contribution >= 4 is 27.7 Å². The average molecular weight is 346 g/mol. The second-order valence-corrected chi connectivity index (χ2v) is 7.00. The smallest absolute Gasteiger partial charge is 0.338 e. The van der Waals surface area contributed by atoms with Gasteiger partial charge in [-0.2, -0.15) is 0 Å². The first kappa shape index (κ1) is 16.0. The van der Waals surface area contributed by atoms with Crippen LogP contribution >= 0.6 is 0 Å². The molecular weight excluding hydrogens is 332 g/mol. The number of carbonyl (C=O) groups excluding carboxylic acids is 2. The quantitative estimate of drug-likeness (QED) is 0.830. The minimum Gasteiger partial charge on any atom is -0.457 e. The minimum absolute atomic E-state index is 0.0132. The molecule has 0 unspecified atom stereocenters. The van der Waals surface area contributed by atoms with Crippen molar-refractivity contribution < 1.29 is 22.7 Å². The Balaban J connectivity index is 1.73. The number of anilines is 1. The number of carbonyl (C=O) groups is 2. The Morgan fingerprint density at radius 1 is 1.12 bits per heavy atom. The zero-order chi connectivity index (χ0) is 17.3. The number of ether oxygens (including phenoxy) is 1. The normalized spacial score (nSPS) is 13.1. The molecule has 1 aliphatic rings. The number of aryl methyl sites for hydroxylation is 1. The van der Waals surface area contributed by atoms with Crippen LogP contribution in [0.15, 0.2) is 47.4 Å². The number of sulfonamides is 1. The molecule has 2 amide bonds. The maximum absolute atomic E-state index is 12.1. The van der Waals surface area contributed by atoms with Crippen LogP contribution in [0.25, 0.3) is 0 Å². The molecule has 2 aromatic carbocycles. The van der Waals surface area contributed by atoms with Crippen molar-refractivity contribution in [1.29, 1.82) is 0 Å². The van der Waals surface area contributed by atoms with Crippen LogP contribution in [-0.4, -0.2) is 20.4 Å². The van der Waals surface area contributed by atoms with Gasteiger partial charge in [0.1, 0.15) is 6.61 Å². The SMILES string of the molecule is Cc1ccc(S(=O)(=O)NC(=O)Nc2ccc3c(c2)C(=O)OC3)cc1. The first-order valence-corrected chi connectivity index (χ1v) is 8.54. The number of cyclic esters (lactones) is 1. The summed E-state index contributed by atoms with van der Waals surface area (Å²) >= 11 is 0. The van der Waals surface area contributed by atoms with E-state index < -0.39 is 22.0 Å². The fourth-order valence-electron chi connectivity index (χ4n) is 2.25. The third-order valence-electron chi connectivity index (χ3n) is 3.50. The molecule has 3 rings (SSSR count). The first-order chi connectivity index (χ1) is 11.3. The van der Waals surface area contributed by atoms with Crippen molar-refractivity contribution in [3.05, 3.63) is 59.2 Å². The summed E-state index contributed by atoms with van der Waals surface area (Å²) in [6.07, 6.45) is 0. The van der Waals surface area contributed by atoms with E-state index in [1.54, 1.807) is 24.3 Å². The van der Waals surface area contributed by atoms with Crippen molar-refractivity contribution in [2.45, 2.75) is 18.4 Å². The number of benzene rings is 2. The highest BCUT2D eigenvalue weighted by Crippen LogP contribution is 2.23. The van der Waals surface area contributed by atoms with Gasteiger partial charge in [0.25, 0.3) is 10.0 Å². The molecule has 0 aromatic heterocycles. The molecule has 0 saturated carbocycles. The topological polar surface area (TPSA) is 102 Å². The monoisotopic (exact) mass is 346 g/mol. The van der Waals surface area contributed by atoms with Gasteiger partial charge in [0.05, 0.1) is 10.5 Å². The van der Waals surface area contributed by atoms with E-state index in [4.69, 9.17) is 4.74 Å². The number of esters is 1. The number of rotatable bonds is 3. The first-order valence-electron chi connectivity index (χ1n) is 7.06. The van der Waals surface area contributed by atoms with Crippen molar-refractivity contribution in [3.63, 3.8) is 0 Å². The molecule has 0 radical (unpaired) electrons. The van der Waals surface area contributed by atoms with Crippen molar-refractivity contribution in [1.82, 2.24) is 4.72 Å². The van der Waals surface area contributed by atoms with Gasteiger partial charge < -0.3 is 10.1 Å². The minimum atomic E-state index is -3.97. The second-order valence-electron chi connectivity index (χ2n) is 5.32. The highest BCUT2D eigenvalue weighted by molar-refractivity contribution is 7.90. The molecule has 1 heterocycles. The van der Waals surface area contributed by atoms with E-state index in [1.807, 2.05) is 11.6 Å². The van der Waals surface area contributed by atoms with E-state index in [1.165, 1.54) is 18.2 Å². The lowest BCUT2D eigenvalue weighted by Crippen LogP contribution is -2.34. The highest BCUT2D eigenvalue weighted by Gasteiger charge is 2.22. The van der Waals surface area contributed by atoms with E-state index in [0.29, 0.717) is 11.3 Å². The number of hydrogen-bond donors (Lipinski definition) is 2. The Morgan fingerprint density at radius 3 is 2.54 bits per heavy atom. The highest BCUT2D eigenvalue weighted by atomic mass is 32.2. The summed E-state index contributed by atoms with van der Waals surface area (Å²) in [6, 6.07) is 9.84. The molecule has 8 heteroatoms. The summed E-state index contributed by atoms with van der Waals surface area (Å²) in [5.74, 6) is -0.471.